The first kappa shape index (κ1) is 12.1. The topological polar surface area (TPSA) is 32.3 Å². The van der Waals surface area contributed by atoms with E-state index in [2.05, 4.69) is 38.7 Å². The van der Waals surface area contributed by atoms with E-state index in [1.165, 1.54) is 30.1 Å². The minimum atomic E-state index is 0.882. The maximum absolute atomic E-state index is 4.52. The third-order valence-electron chi connectivity index (χ3n) is 3.71. The van der Waals surface area contributed by atoms with Crippen LogP contribution in [0.4, 0.5) is 5.82 Å². The normalized spacial score (nSPS) is 20.9. The van der Waals surface area contributed by atoms with Gasteiger partial charge in [0.2, 0.25) is 0 Å². The molecule has 3 rings (SSSR count). The number of likely N-dealkylation sites (N-methyl/N-ethyl adjacent to an activating group) is 1. The number of rotatable bonds is 4. The Labute approximate surface area is 113 Å². The summed E-state index contributed by atoms with van der Waals surface area (Å²) in [5.74, 6) is 1.96. The monoisotopic (exact) mass is 264 g/mol. The van der Waals surface area contributed by atoms with Crippen molar-refractivity contribution in [3.8, 4) is 0 Å². The molecule has 4 nitrogen and oxygen atoms in total. The van der Waals surface area contributed by atoms with Gasteiger partial charge in [-0.05, 0) is 37.8 Å². The summed E-state index contributed by atoms with van der Waals surface area (Å²) in [7, 11) is 4.31. The lowest BCUT2D eigenvalue weighted by Crippen LogP contribution is -2.26. The molecule has 0 unspecified atom stereocenters. The van der Waals surface area contributed by atoms with Crippen molar-refractivity contribution in [2.24, 2.45) is 5.92 Å². The minimum absolute atomic E-state index is 0.882. The zero-order chi connectivity index (χ0) is 12.5. The predicted octanol–water partition coefficient (Wildman–Crippen LogP) is 2.10. The van der Waals surface area contributed by atoms with Crippen LogP contribution in [0, 0.1) is 5.92 Å². The Morgan fingerprint density at radius 3 is 3.00 bits per heavy atom. The summed E-state index contributed by atoms with van der Waals surface area (Å²) in [6.07, 6.45) is 6.20. The number of anilines is 1. The van der Waals surface area contributed by atoms with Crippen LogP contribution in [-0.4, -0.2) is 47.4 Å². The number of aromatic nitrogens is 2. The van der Waals surface area contributed by atoms with Crippen molar-refractivity contribution in [3.05, 3.63) is 11.8 Å². The Morgan fingerprint density at radius 2 is 2.28 bits per heavy atom. The van der Waals surface area contributed by atoms with E-state index >= 15 is 0 Å². The summed E-state index contributed by atoms with van der Waals surface area (Å²) in [5, 5.41) is 0. The number of hydrogen-bond acceptors (Lipinski definition) is 5. The highest BCUT2D eigenvalue weighted by Gasteiger charge is 2.26. The first-order valence-electron chi connectivity index (χ1n) is 6.65. The van der Waals surface area contributed by atoms with Gasteiger partial charge in [0.25, 0.3) is 0 Å². The van der Waals surface area contributed by atoms with Gasteiger partial charge in [0.1, 0.15) is 5.69 Å². The van der Waals surface area contributed by atoms with Gasteiger partial charge >= 0.3 is 0 Å². The average Bonchev–Trinajstić information content (AvgIpc) is 3.03. The molecule has 0 N–H and O–H groups in total. The van der Waals surface area contributed by atoms with Crippen molar-refractivity contribution in [1.82, 2.24) is 13.6 Å². The molecule has 0 radical (unpaired) electrons. The first-order chi connectivity index (χ1) is 8.74. The Bertz CT molecular complexity index is 450. The lowest BCUT2D eigenvalue weighted by molar-refractivity contribution is 0.372. The Balaban J connectivity index is 1.79. The van der Waals surface area contributed by atoms with Crippen LogP contribution in [0.3, 0.4) is 0 Å². The number of hydrogen-bond donors (Lipinski definition) is 0. The van der Waals surface area contributed by atoms with Crippen molar-refractivity contribution in [1.29, 1.82) is 0 Å². The van der Waals surface area contributed by atoms with Gasteiger partial charge in [0, 0.05) is 26.7 Å². The summed E-state index contributed by atoms with van der Waals surface area (Å²) in [6.45, 7) is 3.27. The fourth-order valence-corrected chi connectivity index (χ4v) is 3.10. The molecule has 2 heterocycles. The highest BCUT2D eigenvalue weighted by molar-refractivity contribution is 6.99. The van der Waals surface area contributed by atoms with Crippen molar-refractivity contribution < 1.29 is 0 Å². The van der Waals surface area contributed by atoms with E-state index in [0.29, 0.717) is 0 Å². The average molecular weight is 264 g/mol. The van der Waals surface area contributed by atoms with Gasteiger partial charge in [-0.1, -0.05) is 6.08 Å². The third kappa shape index (κ3) is 2.57. The standard InChI is InChI=1S/C13H20N4S/c1-16-7-3-4-11(9-16)12-13(15-18-14-12)17(2)8-10-5-6-10/h4,10H,3,5-9H2,1-2H3. The zero-order valence-corrected chi connectivity index (χ0v) is 11.9. The fraction of sp³-hybridized carbons (Fsp3) is 0.692. The summed E-state index contributed by atoms with van der Waals surface area (Å²) in [5.41, 5.74) is 2.45. The Morgan fingerprint density at radius 1 is 1.44 bits per heavy atom. The highest BCUT2D eigenvalue weighted by atomic mass is 32.1. The molecule has 0 atom stereocenters. The Hall–Kier alpha value is -0.940. The summed E-state index contributed by atoms with van der Waals surface area (Å²) in [6, 6.07) is 0. The van der Waals surface area contributed by atoms with Crippen LogP contribution < -0.4 is 4.90 Å². The molecule has 1 aliphatic heterocycles. The second-order valence-electron chi connectivity index (χ2n) is 5.52. The molecule has 0 aromatic carbocycles. The molecule has 0 amide bonds. The lowest BCUT2D eigenvalue weighted by Gasteiger charge is -2.24. The molecule has 1 aromatic heterocycles. The van der Waals surface area contributed by atoms with Crippen LogP contribution in [0.5, 0.6) is 0 Å². The van der Waals surface area contributed by atoms with Crippen molar-refractivity contribution in [2.45, 2.75) is 19.3 Å². The minimum Gasteiger partial charge on any atom is -0.357 e. The fourth-order valence-electron chi connectivity index (χ4n) is 2.48. The SMILES string of the molecule is CN1CCC=C(c2nsnc2N(C)CC2CC2)C1. The molecule has 2 aliphatic rings. The smallest absolute Gasteiger partial charge is 0.170 e. The van der Waals surface area contributed by atoms with E-state index < -0.39 is 0 Å². The summed E-state index contributed by atoms with van der Waals surface area (Å²) in [4.78, 5) is 4.63. The maximum Gasteiger partial charge on any atom is 0.170 e. The van der Waals surface area contributed by atoms with E-state index in [1.807, 2.05) is 0 Å². The second-order valence-corrected chi connectivity index (χ2v) is 6.04. The van der Waals surface area contributed by atoms with Crippen LogP contribution in [0.1, 0.15) is 25.0 Å². The molecule has 0 saturated heterocycles. The van der Waals surface area contributed by atoms with Crippen molar-refractivity contribution in [3.63, 3.8) is 0 Å². The van der Waals surface area contributed by atoms with Crippen LogP contribution >= 0.6 is 11.7 Å². The van der Waals surface area contributed by atoms with Gasteiger partial charge in [-0.2, -0.15) is 8.75 Å². The lowest BCUT2D eigenvalue weighted by atomic mass is 10.1. The van der Waals surface area contributed by atoms with Crippen molar-refractivity contribution >= 4 is 23.1 Å². The molecular formula is C13H20N4S. The van der Waals surface area contributed by atoms with Gasteiger partial charge < -0.3 is 9.80 Å². The predicted molar refractivity (Wildman–Crippen MR) is 76.0 cm³/mol. The first-order valence-corrected chi connectivity index (χ1v) is 7.38. The van der Waals surface area contributed by atoms with Gasteiger partial charge in [-0.25, -0.2) is 0 Å². The molecule has 1 fully saturated rings. The van der Waals surface area contributed by atoms with E-state index in [1.54, 1.807) is 0 Å². The van der Waals surface area contributed by atoms with E-state index in [4.69, 9.17) is 0 Å². The quantitative estimate of drug-likeness (QED) is 0.833. The molecule has 5 heteroatoms. The second kappa shape index (κ2) is 4.97. The molecule has 1 aliphatic carbocycles. The van der Waals surface area contributed by atoms with E-state index in [9.17, 15) is 0 Å². The van der Waals surface area contributed by atoms with Gasteiger partial charge in [-0.3, -0.25) is 0 Å². The maximum atomic E-state index is 4.52. The summed E-state index contributed by atoms with van der Waals surface area (Å²) < 4.78 is 9.01. The highest BCUT2D eigenvalue weighted by Crippen LogP contribution is 2.33. The van der Waals surface area contributed by atoms with Crippen LogP contribution in [-0.2, 0) is 0 Å². The molecule has 98 valence electrons. The largest absolute Gasteiger partial charge is 0.357 e. The van der Waals surface area contributed by atoms with Gasteiger partial charge in [0.05, 0.1) is 11.7 Å². The van der Waals surface area contributed by atoms with Crippen molar-refractivity contribution in [2.75, 3.05) is 38.6 Å². The molecule has 0 spiro atoms. The van der Waals surface area contributed by atoms with Crippen LogP contribution in [0.2, 0.25) is 0 Å². The van der Waals surface area contributed by atoms with Gasteiger partial charge in [0.15, 0.2) is 5.82 Å². The number of nitrogens with zero attached hydrogens (tertiary/aromatic N) is 4. The molecule has 18 heavy (non-hydrogen) atoms. The Kier molecular flexibility index (Phi) is 3.35. The molecule has 1 aromatic rings. The zero-order valence-electron chi connectivity index (χ0n) is 11.1. The van der Waals surface area contributed by atoms with Crippen LogP contribution in [0.25, 0.3) is 5.57 Å². The van der Waals surface area contributed by atoms with Crippen LogP contribution in [0.15, 0.2) is 6.08 Å². The molecule has 0 bridgehead atoms. The van der Waals surface area contributed by atoms with E-state index in [-0.39, 0.29) is 0 Å². The third-order valence-corrected chi connectivity index (χ3v) is 4.23. The molecule has 1 saturated carbocycles. The van der Waals surface area contributed by atoms with Gasteiger partial charge in [-0.15, -0.1) is 0 Å². The van der Waals surface area contributed by atoms with E-state index in [0.717, 1.165) is 43.5 Å². The summed E-state index contributed by atoms with van der Waals surface area (Å²) >= 11 is 1.34. The molecular weight excluding hydrogens is 244 g/mol.